The standard InChI is InChI=1S/C8H8O2Si/c11-10-8-7-4-2-1-3-6(7)5-9-8/h1-5H,11H3. The van der Waals surface area contributed by atoms with Gasteiger partial charge in [-0.15, -0.1) is 0 Å². The number of hydrogen-bond donors (Lipinski definition) is 0. The van der Waals surface area contributed by atoms with Crippen molar-refractivity contribution in [3.05, 3.63) is 30.5 Å². The average molecular weight is 164 g/mol. The van der Waals surface area contributed by atoms with Crippen LogP contribution in [0.1, 0.15) is 0 Å². The topological polar surface area (TPSA) is 22.4 Å². The quantitative estimate of drug-likeness (QED) is 0.589. The number of furan rings is 1. The summed E-state index contributed by atoms with van der Waals surface area (Å²) in [6.07, 6.45) is 1.71. The predicted molar refractivity (Wildman–Crippen MR) is 46.8 cm³/mol. The van der Waals surface area contributed by atoms with Gasteiger partial charge in [0.05, 0.1) is 5.39 Å². The fourth-order valence-electron chi connectivity index (χ4n) is 1.12. The monoisotopic (exact) mass is 164 g/mol. The van der Waals surface area contributed by atoms with Crippen LogP contribution in [0, 0.1) is 0 Å². The van der Waals surface area contributed by atoms with Crippen molar-refractivity contribution in [3.63, 3.8) is 0 Å². The van der Waals surface area contributed by atoms with E-state index in [1.54, 1.807) is 6.26 Å². The first-order valence-electron chi connectivity index (χ1n) is 3.42. The number of hydrogen-bond acceptors (Lipinski definition) is 2. The Balaban J connectivity index is 2.76. The van der Waals surface area contributed by atoms with Crippen LogP contribution < -0.4 is 4.43 Å². The molecule has 0 radical (unpaired) electrons. The van der Waals surface area contributed by atoms with Crippen molar-refractivity contribution in [3.8, 4) is 5.95 Å². The van der Waals surface area contributed by atoms with Crippen LogP contribution in [0.15, 0.2) is 34.9 Å². The van der Waals surface area contributed by atoms with Crippen LogP contribution in [0.5, 0.6) is 5.95 Å². The largest absolute Gasteiger partial charge is 0.528 e. The highest BCUT2D eigenvalue weighted by Crippen LogP contribution is 2.26. The second-order valence-corrected chi connectivity index (χ2v) is 2.72. The van der Waals surface area contributed by atoms with Crippen molar-refractivity contribution in [2.45, 2.75) is 0 Å². The molecular formula is C8H8O2Si. The fraction of sp³-hybridized carbons (Fsp3) is 0. The van der Waals surface area contributed by atoms with Crippen LogP contribution in [0.25, 0.3) is 10.8 Å². The summed E-state index contributed by atoms with van der Waals surface area (Å²) in [4.78, 5) is 0. The number of fused-ring (bicyclic) bond motifs is 1. The summed E-state index contributed by atoms with van der Waals surface area (Å²) in [6.45, 7) is 0. The van der Waals surface area contributed by atoms with Crippen molar-refractivity contribution in [2.24, 2.45) is 0 Å². The van der Waals surface area contributed by atoms with E-state index in [1.807, 2.05) is 24.3 Å². The molecule has 1 aromatic carbocycles. The molecule has 0 fully saturated rings. The van der Waals surface area contributed by atoms with E-state index in [9.17, 15) is 0 Å². The zero-order chi connectivity index (χ0) is 7.68. The molecule has 2 aromatic rings. The van der Waals surface area contributed by atoms with Gasteiger partial charge < -0.3 is 8.84 Å². The third-order valence-corrected chi connectivity index (χ3v) is 2.03. The molecule has 2 rings (SSSR count). The van der Waals surface area contributed by atoms with Gasteiger partial charge in [-0.1, -0.05) is 18.2 Å². The molecule has 0 amide bonds. The zero-order valence-electron chi connectivity index (χ0n) is 6.20. The molecule has 0 aliphatic rings. The lowest BCUT2D eigenvalue weighted by molar-refractivity contribution is 0.415. The lowest BCUT2D eigenvalue weighted by Gasteiger charge is -1.92. The van der Waals surface area contributed by atoms with Crippen molar-refractivity contribution in [2.75, 3.05) is 0 Å². The summed E-state index contributed by atoms with van der Waals surface area (Å²) in [5.41, 5.74) is 0. The van der Waals surface area contributed by atoms with Gasteiger partial charge in [0.15, 0.2) is 0 Å². The van der Waals surface area contributed by atoms with Gasteiger partial charge in [-0.25, -0.2) is 0 Å². The highest BCUT2D eigenvalue weighted by molar-refractivity contribution is 6.01. The molecular weight excluding hydrogens is 156 g/mol. The van der Waals surface area contributed by atoms with Gasteiger partial charge in [0, 0.05) is 5.39 Å². The van der Waals surface area contributed by atoms with Gasteiger partial charge in [0.2, 0.25) is 10.5 Å². The van der Waals surface area contributed by atoms with Crippen molar-refractivity contribution in [1.29, 1.82) is 0 Å². The summed E-state index contributed by atoms with van der Waals surface area (Å²) < 4.78 is 10.3. The Kier molecular flexibility index (Phi) is 1.43. The lowest BCUT2D eigenvalue weighted by atomic mass is 10.2. The summed E-state index contributed by atoms with van der Waals surface area (Å²) in [5, 5.41) is 2.15. The van der Waals surface area contributed by atoms with Crippen LogP contribution in [-0.2, 0) is 0 Å². The van der Waals surface area contributed by atoms with Crippen molar-refractivity contribution >= 4 is 21.3 Å². The van der Waals surface area contributed by atoms with E-state index < -0.39 is 0 Å². The summed E-state index contributed by atoms with van der Waals surface area (Å²) in [5.74, 6) is 0.646. The Hall–Kier alpha value is -1.22. The molecule has 0 saturated carbocycles. The molecule has 2 nitrogen and oxygen atoms in total. The SMILES string of the molecule is [SiH3]Oc1occ2ccccc12. The maximum Gasteiger partial charge on any atom is 0.277 e. The summed E-state index contributed by atoms with van der Waals surface area (Å²) >= 11 is 0. The molecule has 56 valence electrons. The van der Waals surface area contributed by atoms with Crippen molar-refractivity contribution < 1.29 is 8.84 Å². The Labute approximate surface area is 67.3 Å². The molecule has 0 N–H and O–H groups in total. The number of benzene rings is 1. The molecule has 0 spiro atoms. The Morgan fingerprint density at radius 2 is 2.09 bits per heavy atom. The molecule has 0 aliphatic carbocycles. The first-order chi connectivity index (χ1) is 5.42. The van der Waals surface area contributed by atoms with Crippen LogP contribution >= 0.6 is 0 Å². The normalized spacial score (nSPS) is 10.5. The van der Waals surface area contributed by atoms with Crippen LogP contribution in [0.4, 0.5) is 0 Å². The Morgan fingerprint density at radius 1 is 1.27 bits per heavy atom. The minimum Gasteiger partial charge on any atom is -0.528 e. The summed E-state index contributed by atoms with van der Waals surface area (Å²) in [7, 11) is 0.668. The van der Waals surface area contributed by atoms with Gasteiger partial charge >= 0.3 is 0 Å². The van der Waals surface area contributed by atoms with E-state index in [1.165, 1.54) is 0 Å². The molecule has 0 saturated heterocycles. The van der Waals surface area contributed by atoms with E-state index in [0.29, 0.717) is 16.4 Å². The predicted octanol–water partition coefficient (Wildman–Crippen LogP) is 1.09. The second kappa shape index (κ2) is 2.43. The van der Waals surface area contributed by atoms with E-state index >= 15 is 0 Å². The van der Waals surface area contributed by atoms with Gasteiger partial charge in [0.25, 0.3) is 5.95 Å². The molecule has 3 heteroatoms. The van der Waals surface area contributed by atoms with Crippen molar-refractivity contribution in [1.82, 2.24) is 0 Å². The van der Waals surface area contributed by atoms with Crippen LogP contribution in [0.2, 0.25) is 0 Å². The molecule has 0 aliphatic heterocycles. The maximum absolute atomic E-state index is 5.18. The minimum absolute atomic E-state index is 0.646. The van der Waals surface area contributed by atoms with E-state index in [2.05, 4.69) is 0 Å². The second-order valence-electron chi connectivity index (χ2n) is 2.31. The highest BCUT2D eigenvalue weighted by Gasteiger charge is 2.02. The Bertz CT molecular complexity index is 367. The zero-order valence-corrected chi connectivity index (χ0v) is 8.20. The maximum atomic E-state index is 5.18. The van der Waals surface area contributed by atoms with Gasteiger partial charge in [-0.2, -0.15) is 0 Å². The smallest absolute Gasteiger partial charge is 0.277 e. The lowest BCUT2D eigenvalue weighted by Crippen LogP contribution is -1.81. The van der Waals surface area contributed by atoms with E-state index in [0.717, 1.165) is 10.8 Å². The van der Waals surface area contributed by atoms with E-state index in [-0.39, 0.29) is 0 Å². The molecule has 1 aromatic heterocycles. The molecule has 0 unspecified atom stereocenters. The third-order valence-electron chi connectivity index (χ3n) is 1.66. The van der Waals surface area contributed by atoms with E-state index in [4.69, 9.17) is 8.84 Å². The first-order valence-corrected chi connectivity index (χ1v) is 4.23. The molecule has 0 atom stereocenters. The van der Waals surface area contributed by atoms with Crippen LogP contribution in [0.3, 0.4) is 0 Å². The first kappa shape index (κ1) is 6.48. The van der Waals surface area contributed by atoms with Crippen LogP contribution in [-0.4, -0.2) is 10.5 Å². The van der Waals surface area contributed by atoms with Gasteiger partial charge in [-0.05, 0) is 6.07 Å². The highest BCUT2D eigenvalue weighted by atomic mass is 28.2. The molecule has 11 heavy (non-hydrogen) atoms. The third kappa shape index (κ3) is 0.934. The van der Waals surface area contributed by atoms with Gasteiger partial charge in [-0.3, -0.25) is 0 Å². The minimum atomic E-state index is 0.646. The Morgan fingerprint density at radius 3 is 2.91 bits per heavy atom. The summed E-state index contributed by atoms with van der Waals surface area (Å²) in [6, 6.07) is 7.95. The fourth-order valence-corrected chi connectivity index (χ4v) is 1.44. The molecule has 1 heterocycles. The number of rotatable bonds is 1. The average Bonchev–Trinajstić information content (AvgIpc) is 2.47. The molecule has 0 bridgehead atoms. The van der Waals surface area contributed by atoms with Gasteiger partial charge in [0.1, 0.15) is 6.26 Å².